The molecule has 0 nitrogen and oxygen atoms in total. The van der Waals surface area contributed by atoms with Gasteiger partial charge in [-0.3, -0.25) is 0 Å². The molecule has 0 fully saturated rings. The van der Waals surface area contributed by atoms with E-state index < -0.39 is 6.68 Å². The van der Waals surface area contributed by atoms with E-state index in [1.54, 1.807) is 0 Å². The second-order valence-corrected chi connectivity index (χ2v) is 6.13. The van der Waals surface area contributed by atoms with Gasteiger partial charge < -0.3 is 0 Å². The number of hydrogen-bond donors (Lipinski definition) is 0. The van der Waals surface area contributed by atoms with E-state index >= 15 is 0 Å². The molecule has 29 heavy (non-hydrogen) atoms. The second kappa shape index (κ2) is 11.1. The predicted molar refractivity (Wildman–Crippen MR) is 121 cm³/mol. The maximum absolute atomic E-state index is 9.67. The minimum absolute atomic E-state index is 0. The van der Waals surface area contributed by atoms with Crippen molar-refractivity contribution in [2.45, 2.75) is 6.68 Å². The van der Waals surface area contributed by atoms with Crippen LogP contribution in [0.3, 0.4) is 0 Å². The van der Waals surface area contributed by atoms with Gasteiger partial charge in [-0.05, 0) is 33.4 Å². The Morgan fingerprint density at radius 2 is 0.517 bits per heavy atom. The fourth-order valence-corrected chi connectivity index (χ4v) is 2.97. The van der Waals surface area contributed by atoms with Gasteiger partial charge in [0.2, 0.25) is 0 Å². The highest BCUT2D eigenvalue weighted by atomic mass is 32.1. The van der Waals surface area contributed by atoms with Gasteiger partial charge >= 0.3 is 6.68 Å². The van der Waals surface area contributed by atoms with Crippen molar-refractivity contribution >= 4 is 13.5 Å². The molecule has 148 valence electrons. The lowest BCUT2D eigenvalue weighted by molar-refractivity contribution is 0.00819. The molecule has 0 bridgehead atoms. The van der Waals surface area contributed by atoms with Gasteiger partial charge in [0.1, 0.15) is 0 Å². The van der Waals surface area contributed by atoms with Crippen LogP contribution >= 0.6 is 0 Å². The van der Waals surface area contributed by atoms with Crippen molar-refractivity contribution in [1.82, 2.24) is 0 Å². The highest BCUT2D eigenvalue weighted by molar-refractivity contribution is 7.37. The van der Waals surface area contributed by atoms with Gasteiger partial charge in [-0.25, -0.2) is 0 Å². The Morgan fingerprint density at radius 3 is 0.724 bits per heavy atom. The Bertz CT molecular complexity index is 884. The van der Waals surface area contributed by atoms with Crippen molar-refractivity contribution in [3.8, 4) is 33.4 Å². The molecule has 0 atom stereocenters. The highest BCUT2D eigenvalue weighted by Gasteiger charge is 2.01. The third-order valence-electron chi connectivity index (χ3n) is 4.32. The van der Waals surface area contributed by atoms with Gasteiger partial charge in [0, 0.05) is 0 Å². The molecule has 0 aromatic heterocycles. The second-order valence-electron chi connectivity index (χ2n) is 6.13. The Labute approximate surface area is 176 Å². The molecule has 4 rings (SSSR count). The maximum atomic E-state index is 9.67. The molecule has 4 aromatic rings. The van der Waals surface area contributed by atoms with E-state index in [9.17, 15) is 13.2 Å². The molecule has 0 saturated heterocycles. The van der Waals surface area contributed by atoms with Crippen LogP contribution in [0, 0.1) is 0 Å². The van der Waals surface area contributed by atoms with Crippen LogP contribution in [0.4, 0.5) is 13.2 Å². The van der Waals surface area contributed by atoms with Gasteiger partial charge in [-0.1, -0.05) is 123 Å². The summed E-state index contributed by atoms with van der Waals surface area (Å²) in [7, 11) is 0. The highest BCUT2D eigenvalue weighted by Crippen LogP contribution is 2.27. The summed E-state index contributed by atoms with van der Waals surface area (Å²) in [6.07, 6.45) is 0. The largest absolute Gasteiger partial charge is 0.379 e. The van der Waals surface area contributed by atoms with Gasteiger partial charge in [0.15, 0.2) is 0 Å². The molecule has 0 aliphatic heterocycles. The normalized spacial score (nSPS) is 9.93. The molecule has 0 spiro atoms. The van der Waals surface area contributed by atoms with Crippen molar-refractivity contribution in [2.75, 3.05) is 0 Å². The summed E-state index contributed by atoms with van der Waals surface area (Å²) >= 11 is 0. The lowest BCUT2D eigenvalue weighted by atomic mass is 9.98. The zero-order valence-corrected chi connectivity index (χ0v) is 16.8. The minimum atomic E-state index is -3.67. The molecule has 0 N–H and O–H groups in total. The molecule has 0 unspecified atom stereocenters. The molecule has 4 heteroatoms. The fraction of sp³-hybridized carbons (Fsp3) is 0.0400. The summed E-state index contributed by atoms with van der Waals surface area (Å²) < 4.78 is 29.0. The summed E-state index contributed by atoms with van der Waals surface area (Å²) in [4.78, 5) is 0. The lowest BCUT2D eigenvalue weighted by Crippen LogP contribution is -1.81. The zero-order valence-electron chi connectivity index (χ0n) is 15.7. The minimum Gasteiger partial charge on any atom is -0.174 e. The zero-order chi connectivity index (χ0) is 19.8. The monoisotopic (exact) mass is 411 g/mol. The summed E-state index contributed by atoms with van der Waals surface area (Å²) in [5.74, 6) is 0. The van der Waals surface area contributed by atoms with Gasteiger partial charge in [0.25, 0.3) is 0 Å². The van der Waals surface area contributed by atoms with Crippen molar-refractivity contribution < 1.29 is 13.2 Å². The molecule has 0 aliphatic rings. The first-order valence-corrected chi connectivity index (χ1v) is 8.87. The molecule has 0 aliphatic carbocycles. The van der Waals surface area contributed by atoms with Gasteiger partial charge in [0.05, 0.1) is 0 Å². The predicted octanol–water partition coefficient (Wildman–Crippen LogP) is 7.06. The number of benzene rings is 4. The Morgan fingerprint density at radius 1 is 0.345 bits per heavy atom. The molecule has 4 aromatic carbocycles. The first kappa shape index (κ1) is 22.3. The average molecular weight is 412 g/mol. The van der Waals surface area contributed by atoms with Crippen LogP contribution in [0.2, 0.25) is 0 Å². The molecular weight excluding hydrogens is 389 g/mol. The van der Waals surface area contributed by atoms with E-state index in [0.717, 1.165) is 0 Å². The smallest absolute Gasteiger partial charge is 0.174 e. The van der Waals surface area contributed by atoms with Gasteiger partial charge in [-0.2, -0.15) is 13.2 Å². The molecular formula is C25H22F3S+. The standard InChI is InChI=1S/C24H18.CHF3.H2S/c1-3-7-19(8-4-1)21-11-15-23(16-12-21)24-17-13-22(14-18-24)20-9-5-2-6-10-20;2-1(3)4;/h1-18H;1H;1H2/p+1. The van der Waals surface area contributed by atoms with E-state index in [1.807, 2.05) is 12.1 Å². The van der Waals surface area contributed by atoms with Crippen molar-refractivity contribution in [2.24, 2.45) is 0 Å². The van der Waals surface area contributed by atoms with E-state index in [-0.39, 0.29) is 13.5 Å². The van der Waals surface area contributed by atoms with Crippen LogP contribution in [0.5, 0.6) is 0 Å². The first-order valence-electron chi connectivity index (χ1n) is 8.87. The van der Waals surface area contributed by atoms with Crippen molar-refractivity contribution in [3.63, 3.8) is 0 Å². The quantitative estimate of drug-likeness (QED) is 0.317. The maximum Gasteiger partial charge on any atom is 0.379 e. The summed E-state index contributed by atoms with van der Waals surface area (Å²) in [6, 6.07) is 38.5. The molecule has 0 heterocycles. The Balaban J connectivity index is 0.000000552. The van der Waals surface area contributed by atoms with Crippen LogP contribution in [-0.4, -0.2) is 6.68 Å². The van der Waals surface area contributed by atoms with E-state index in [0.29, 0.717) is 0 Å². The average Bonchev–Trinajstić information content (AvgIpc) is 2.75. The van der Waals surface area contributed by atoms with Gasteiger partial charge in [-0.15, -0.1) is 0 Å². The Kier molecular flexibility index (Phi) is 8.56. The third kappa shape index (κ3) is 6.54. The van der Waals surface area contributed by atoms with Crippen LogP contribution in [0.15, 0.2) is 109 Å². The number of halogens is 3. The first-order chi connectivity index (χ1) is 13.6. The van der Waals surface area contributed by atoms with Crippen LogP contribution in [0.1, 0.15) is 0 Å². The summed E-state index contributed by atoms with van der Waals surface area (Å²) in [6.45, 7) is -3.67. The molecule has 0 radical (unpaired) electrons. The fourth-order valence-electron chi connectivity index (χ4n) is 2.97. The summed E-state index contributed by atoms with van der Waals surface area (Å²) in [5, 5.41) is 0. The topological polar surface area (TPSA) is 0 Å². The molecule has 0 saturated carbocycles. The van der Waals surface area contributed by atoms with Crippen molar-refractivity contribution in [1.29, 1.82) is 0 Å². The van der Waals surface area contributed by atoms with Crippen molar-refractivity contribution in [3.05, 3.63) is 109 Å². The lowest BCUT2D eigenvalue weighted by Gasteiger charge is -2.07. The molecule has 0 amide bonds. The van der Waals surface area contributed by atoms with Crippen LogP contribution < -0.4 is 0 Å². The number of rotatable bonds is 3. The Hall–Kier alpha value is -2.98. The number of hydrogen-bond acceptors (Lipinski definition) is 0. The van der Waals surface area contributed by atoms with E-state index in [1.165, 1.54) is 33.4 Å². The van der Waals surface area contributed by atoms with Crippen LogP contribution in [-0.2, 0) is 13.5 Å². The SMILES string of the molecule is FC(F)F.[SH3+].c1ccc(-c2ccc(-c3ccc(-c4ccccc4)cc3)cc2)cc1. The van der Waals surface area contributed by atoms with E-state index in [4.69, 9.17) is 0 Å². The van der Waals surface area contributed by atoms with Crippen LogP contribution in [0.25, 0.3) is 33.4 Å². The summed E-state index contributed by atoms with van der Waals surface area (Å²) in [5.41, 5.74) is 7.50. The number of alkyl halides is 3. The van der Waals surface area contributed by atoms with E-state index in [2.05, 4.69) is 97.1 Å². The third-order valence-corrected chi connectivity index (χ3v) is 4.32.